The second-order valence-corrected chi connectivity index (χ2v) is 7.05. The minimum Gasteiger partial charge on any atom is -0.454 e. The van der Waals surface area contributed by atoms with E-state index < -0.39 is 0 Å². The summed E-state index contributed by atoms with van der Waals surface area (Å²) in [5.41, 5.74) is 5.57. The Hall–Kier alpha value is -3.61. The number of aryl methyl sites for hydroxylation is 1. The number of nitrogens with one attached hydrogen (secondary N) is 1. The Morgan fingerprint density at radius 1 is 1.14 bits per heavy atom. The fourth-order valence-electron chi connectivity index (χ4n) is 3.91. The van der Waals surface area contributed by atoms with Gasteiger partial charge in [-0.2, -0.15) is 5.10 Å². The minimum absolute atomic E-state index is 0.0976. The summed E-state index contributed by atoms with van der Waals surface area (Å²) in [7, 11) is 0. The molecule has 2 atom stereocenters. The Labute approximate surface area is 161 Å². The lowest BCUT2D eigenvalue weighted by Gasteiger charge is -2.18. The number of allylic oxidation sites excluding steroid dienone is 1. The molecule has 7 nitrogen and oxygen atoms in total. The van der Waals surface area contributed by atoms with E-state index in [0.717, 1.165) is 45.4 Å². The van der Waals surface area contributed by atoms with Crippen molar-refractivity contribution >= 4 is 17.4 Å². The van der Waals surface area contributed by atoms with Crippen molar-refractivity contribution in [2.24, 2.45) is 10.9 Å². The second kappa shape index (κ2) is 5.69. The third-order valence-electron chi connectivity index (χ3n) is 5.29. The Kier molecular flexibility index (Phi) is 3.14. The summed E-state index contributed by atoms with van der Waals surface area (Å²) >= 11 is 0. The maximum Gasteiger partial charge on any atom is 0.231 e. The number of fused-ring (bicyclic) bond motifs is 3. The van der Waals surface area contributed by atoms with Gasteiger partial charge >= 0.3 is 0 Å². The van der Waals surface area contributed by atoms with Crippen molar-refractivity contribution in [1.82, 2.24) is 19.9 Å². The molecule has 7 heteroatoms. The monoisotopic (exact) mass is 371 g/mol. The van der Waals surface area contributed by atoms with Gasteiger partial charge in [0, 0.05) is 23.3 Å². The van der Waals surface area contributed by atoms with Crippen molar-refractivity contribution in [3.05, 3.63) is 60.1 Å². The van der Waals surface area contributed by atoms with Crippen molar-refractivity contribution in [2.75, 3.05) is 6.79 Å². The molecule has 5 heterocycles. The average molecular weight is 371 g/mol. The summed E-state index contributed by atoms with van der Waals surface area (Å²) in [6.07, 6.45) is 8.32. The normalized spacial score (nSPS) is 21.7. The highest BCUT2D eigenvalue weighted by Gasteiger charge is 2.25. The quantitative estimate of drug-likeness (QED) is 0.750. The van der Waals surface area contributed by atoms with Crippen LogP contribution in [0.15, 0.2) is 53.7 Å². The maximum atomic E-state index is 5.50. The molecule has 3 aliphatic heterocycles. The van der Waals surface area contributed by atoms with Crippen molar-refractivity contribution in [1.29, 1.82) is 0 Å². The molecule has 0 fully saturated rings. The SMILES string of the molecule is Cc1nc2ccc(-c3ccc4c(c3)OCO4)nn2c1C1=CC2C=CNC2N=C1. The molecular formula is C21H17N5O2. The molecule has 3 aliphatic rings. The Balaban J connectivity index is 1.48. The van der Waals surface area contributed by atoms with Crippen LogP contribution in [0.5, 0.6) is 11.5 Å². The first kappa shape index (κ1) is 15.4. The molecule has 0 amide bonds. The van der Waals surface area contributed by atoms with Crippen LogP contribution in [0.4, 0.5) is 0 Å². The Morgan fingerprint density at radius 2 is 2.07 bits per heavy atom. The van der Waals surface area contributed by atoms with Gasteiger partial charge in [0.2, 0.25) is 6.79 Å². The van der Waals surface area contributed by atoms with E-state index in [9.17, 15) is 0 Å². The van der Waals surface area contributed by atoms with Crippen LogP contribution in [0.3, 0.4) is 0 Å². The number of aromatic nitrogens is 3. The number of imidazole rings is 1. The summed E-state index contributed by atoms with van der Waals surface area (Å²) in [6, 6.07) is 9.84. The van der Waals surface area contributed by atoms with Crippen LogP contribution in [0, 0.1) is 12.8 Å². The first-order valence-electron chi connectivity index (χ1n) is 9.21. The first-order chi connectivity index (χ1) is 13.8. The summed E-state index contributed by atoms with van der Waals surface area (Å²) in [4.78, 5) is 9.32. The molecule has 0 saturated carbocycles. The second-order valence-electron chi connectivity index (χ2n) is 7.05. The highest BCUT2D eigenvalue weighted by atomic mass is 16.7. The van der Waals surface area contributed by atoms with E-state index in [1.807, 2.05) is 54.2 Å². The van der Waals surface area contributed by atoms with Gasteiger partial charge in [-0.05, 0) is 43.5 Å². The van der Waals surface area contributed by atoms with Crippen molar-refractivity contribution < 1.29 is 9.47 Å². The number of nitrogens with zero attached hydrogens (tertiary/aromatic N) is 4. The van der Waals surface area contributed by atoms with Gasteiger partial charge < -0.3 is 14.8 Å². The largest absolute Gasteiger partial charge is 0.454 e. The number of aliphatic imine (C=N–C) groups is 1. The summed E-state index contributed by atoms with van der Waals surface area (Å²) < 4.78 is 12.8. The number of ether oxygens (including phenoxy) is 2. The molecule has 0 saturated heterocycles. The predicted molar refractivity (Wildman–Crippen MR) is 105 cm³/mol. The number of hydrogen-bond acceptors (Lipinski definition) is 6. The van der Waals surface area contributed by atoms with Crippen molar-refractivity contribution in [2.45, 2.75) is 13.1 Å². The Bertz CT molecular complexity index is 1210. The molecule has 3 aromatic rings. The molecule has 6 rings (SSSR count). The molecule has 1 N–H and O–H groups in total. The lowest BCUT2D eigenvalue weighted by atomic mass is 9.99. The number of hydrogen-bond donors (Lipinski definition) is 1. The van der Waals surface area contributed by atoms with Crippen molar-refractivity contribution in [3.63, 3.8) is 0 Å². The smallest absolute Gasteiger partial charge is 0.231 e. The zero-order valence-electron chi connectivity index (χ0n) is 15.2. The highest BCUT2D eigenvalue weighted by Crippen LogP contribution is 2.35. The fourth-order valence-corrected chi connectivity index (χ4v) is 3.91. The van der Waals surface area contributed by atoms with Gasteiger partial charge in [0.1, 0.15) is 6.17 Å². The fraction of sp³-hybridized carbons (Fsp3) is 0.190. The van der Waals surface area contributed by atoms with Gasteiger partial charge in [-0.1, -0.05) is 12.2 Å². The topological polar surface area (TPSA) is 73.0 Å². The average Bonchev–Trinajstić information content (AvgIpc) is 3.43. The third kappa shape index (κ3) is 2.26. The number of rotatable bonds is 2. The number of benzene rings is 1. The Morgan fingerprint density at radius 3 is 3.04 bits per heavy atom. The molecular weight excluding hydrogens is 354 g/mol. The van der Waals surface area contributed by atoms with Crippen molar-refractivity contribution in [3.8, 4) is 22.8 Å². The summed E-state index contributed by atoms with van der Waals surface area (Å²) in [6.45, 7) is 2.27. The zero-order valence-corrected chi connectivity index (χ0v) is 15.2. The van der Waals surface area contributed by atoms with Gasteiger partial charge in [-0.25, -0.2) is 9.50 Å². The molecule has 1 aromatic carbocycles. The first-order valence-corrected chi connectivity index (χ1v) is 9.21. The molecule has 0 radical (unpaired) electrons. The van der Waals surface area contributed by atoms with Gasteiger partial charge in [0.05, 0.1) is 17.1 Å². The van der Waals surface area contributed by atoms with Crippen LogP contribution in [0.25, 0.3) is 22.5 Å². The maximum absolute atomic E-state index is 5.50. The van der Waals surface area contributed by atoms with E-state index in [0.29, 0.717) is 0 Å². The molecule has 2 aromatic heterocycles. The van der Waals surface area contributed by atoms with Crippen LogP contribution in [0.1, 0.15) is 11.4 Å². The van der Waals surface area contributed by atoms with Crippen LogP contribution >= 0.6 is 0 Å². The standard InChI is InChI=1S/C21H17N5O2/c1-12-20(15-8-14-6-7-22-21(14)23-10-15)26-19(24-12)5-3-16(25-26)13-2-4-17-18(9-13)28-11-27-17/h2-10,14,21-22H,11H2,1H3. The van der Waals surface area contributed by atoms with Crippen LogP contribution in [0.2, 0.25) is 0 Å². The molecule has 138 valence electrons. The van der Waals surface area contributed by atoms with E-state index in [-0.39, 0.29) is 18.9 Å². The molecule has 28 heavy (non-hydrogen) atoms. The van der Waals surface area contributed by atoms with Gasteiger partial charge in [-0.15, -0.1) is 0 Å². The lowest BCUT2D eigenvalue weighted by molar-refractivity contribution is 0.174. The predicted octanol–water partition coefficient (Wildman–Crippen LogP) is 2.96. The highest BCUT2D eigenvalue weighted by molar-refractivity contribution is 6.10. The summed E-state index contributed by atoms with van der Waals surface area (Å²) in [5.74, 6) is 1.76. The van der Waals surface area contributed by atoms with Gasteiger partial charge in [0.25, 0.3) is 0 Å². The van der Waals surface area contributed by atoms with E-state index in [2.05, 4.69) is 27.4 Å². The molecule has 0 aliphatic carbocycles. The van der Waals surface area contributed by atoms with Gasteiger partial charge in [-0.3, -0.25) is 4.99 Å². The zero-order chi connectivity index (χ0) is 18.7. The third-order valence-corrected chi connectivity index (χ3v) is 5.29. The van der Waals surface area contributed by atoms with E-state index in [1.54, 1.807) is 0 Å². The minimum atomic E-state index is 0.0976. The van der Waals surface area contributed by atoms with E-state index >= 15 is 0 Å². The van der Waals surface area contributed by atoms with Crippen LogP contribution in [-0.4, -0.2) is 33.8 Å². The van der Waals surface area contributed by atoms with E-state index in [4.69, 9.17) is 14.6 Å². The molecule has 0 bridgehead atoms. The van der Waals surface area contributed by atoms with E-state index in [1.165, 1.54) is 0 Å². The summed E-state index contributed by atoms with van der Waals surface area (Å²) in [5, 5.41) is 8.12. The molecule has 2 unspecified atom stereocenters. The van der Waals surface area contributed by atoms with Gasteiger partial charge in [0.15, 0.2) is 17.1 Å². The molecule has 0 spiro atoms. The van der Waals surface area contributed by atoms with Crippen LogP contribution in [-0.2, 0) is 0 Å². The number of dihydropyridines is 1. The lowest BCUT2D eigenvalue weighted by Crippen LogP contribution is -2.26. The van der Waals surface area contributed by atoms with Crippen LogP contribution < -0.4 is 14.8 Å².